The molecule has 0 aliphatic heterocycles. The second-order valence-corrected chi connectivity index (χ2v) is 4.71. The van der Waals surface area contributed by atoms with E-state index in [1.54, 1.807) is 6.92 Å². The molecule has 120 valence electrons. The first-order valence-electron chi connectivity index (χ1n) is 6.60. The molecule has 6 nitrogen and oxygen atoms in total. The Morgan fingerprint density at radius 1 is 1.18 bits per heavy atom. The predicted molar refractivity (Wildman–Crippen MR) is 75.5 cm³/mol. The lowest BCUT2D eigenvalue weighted by molar-refractivity contribution is -0.146. The van der Waals surface area contributed by atoms with E-state index in [9.17, 15) is 18.8 Å². The first-order chi connectivity index (χ1) is 10.4. The van der Waals surface area contributed by atoms with E-state index in [-0.39, 0.29) is 12.0 Å². The summed E-state index contributed by atoms with van der Waals surface area (Å²) < 4.78 is 22.7. The van der Waals surface area contributed by atoms with Gasteiger partial charge in [0, 0.05) is 0 Å². The van der Waals surface area contributed by atoms with Crippen molar-refractivity contribution in [3.63, 3.8) is 0 Å². The zero-order valence-electron chi connectivity index (χ0n) is 12.6. The minimum absolute atomic E-state index is 0.0895. The van der Waals surface area contributed by atoms with Gasteiger partial charge in [0.05, 0.1) is 26.2 Å². The number of hydrogen-bond acceptors (Lipinski definition) is 5. The molecule has 0 heterocycles. The molecule has 0 aromatic heterocycles. The number of esters is 2. The van der Waals surface area contributed by atoms with Gasteiger partial charge >= 0.3 is 11.9 Å². The standard InChI is InChI=1S/C15H18FNO5/c1-9(8-12(18)21-2)13(15(20)22-3)17-14(19)10-6-4-5-7-11(10)16/h4-7,9,13H,8H2,1-3H3,(H,17,19)/t9-,13+/m0/s1. The summed E-state index contributed by atoms with van der Waals surface area (Å²) in [6.07, 6.45) is -0.0895. The molecule has 1 aromatic rings. The van der Waals surface area contributed by atoms with Gasteiger partial charge in [-0.2, -0.15) is 0 Å². The van der Waals surface area contributed by atoms with Gasteiger partial charge < -0.3 is 14.8 Å². The van der Waals surface area contributed by atoms with Crippen LogP contribution in [-0.4, -0.2) is 38.1 Å². The number of methoxy groups -OCH3 is 2. The lowest BCUT2D eigenvalue weighted by Gasteiger charge is -2.22. The Hall–Kier alpha value is -2.44. The number of rotatable bonds is 6. The van der Waals surface area contributed by atoms with Crippen LogP contribution in [0.3, 0.4) is 0 Å². The molecule has 0 aliphatic rings. The molecule has 0 unspecified atom stereocenters. The third-order valence-electron chi connectivity index (χ3n) is 3.15. The highest BCUT2D eigenvalue weighted by atomic mass is 19.1. The van der Waals surface area contributed by atoms with E-state index >= 15 is 0 Å². The van der Waals surface area contributed by atoms with Crippen molar-refractivity contribution in [2.24, 2.45) is 5.92 Å². The van der Waals surface area contributed by atoms with Crippen molar-refractivity contribution in [1.29, 1.82) is 0 Å². The van der Waals surface area contributed by atoms with Gasteiger partial charge in [-0.1, -0.05) is 19.1 Å². The van der Waals surface area contributed by atoms with Crippen LogP contribution in [0.4, 0.5) is 4.39 Å². The summed E-state index contributed by atoms with van der Waals surface area (Å²) in [5.41, 5.74) is -0.193. The lowest BCUT2D eigenvalue weighted by Crippen LogP contribution is -2.46. The molecule has 1 rings (SSSR count). The van der Waals surface area contributed by atoms with Crippen LogP contribution in [0.1, 0.15) is 23.7 Å². The largest absolute Gasteiger partial charge is 0.469 e. The quantitative estimate of drug-likeness (QED) is 0.801. The molecule has 0 saturated heterocycles. The van der Waals surface area contributed by atoms with E-state index < -0.39 is 35.6 Å². The van der Waals surface area contributed by atoms with Crippen molar-refractivity contribution in [3.05, 3.63) is 35.6 Å². The Balaban J connectivity index is 2.90. The Bertz CT molecular complexity index is 561. The molecular weight excluding hydrogens is 293 g/mol. The molecule has 22 heavy (non-hydrogen) atoms. The van der Waals surface area contributed by atoms with Crippen molar-refractivity contribution in [2.75, 3.05) is 14.2 Å². The van der Waals surface area contributed by atoms with Gasteiger partial charge in [0.2, 0.25) is 0 Å². The minimum atomic E-state index is -1.09. The van der Waals surface area contributed by atoms with Crippen LogP contribution in [0.2, 0.25) is 0 Å². The Kier molecular flexibility index (Phi) is 6.49. The summed E-state index contributed by atoms with van der Waals surface area (Å²) >= 11 is 0. The van der Waals surface area contributed by atoms with Crippen LogP contribution in [0, 0.1) is 11.7 Å². The molecule has 0 aliphatic carbocycles. The van der Waals surface area contributed by atoms with Crippen LogP contribution in [-0.2, 0) is 19.1 Å². The molecule has 0 radical (unpaired) electrons. The number of carbonyl (C=O) groups excluding carboxylic acids is 3. The number of amides is 1. The maximum absolute atomic E-state index is 13.6. The van der Waals surface area contributed by atoms with E-state index in [1.807, 2.05) is 0 Å². The summed E-state index contributed by atoms with van der Waals surface area (Å²) in [5.74, 6) is -3.28. The van der Waals surface area contributed by atoms with E-state index in [1.165, 1.54) is 25.3 Å². The zero-order chi connectivity index (χ0) is 16.7. The van der Waals surface area contributed by atoms with Crippen molar-refractivity contribution in [1.82, 2.24) is 5.32 Å². The molecule has 7 heteroatoms. The molecule has 1 N–H and O–H groups in total. The summed E-state index contributed by atoms with van der Waals surface area (Å²) in [5, 5.41) is 2.39. The molecular formula is C15H18FNO5. The van der Waals surface area contributed by atoms with Crippen molar-refractivity contribution in [3.8, 4) is 0 Å². The Morgan fingerprint density at radius 2 is 1.82 bits per heavy atom. The van der Waals surface area contributed by atoms with Crippen LogP contribution >= 0.6 is 0 Å². The van der Waals surface area contributed by atoms with Gasteiger partial charge in [-0.25, -0.2) is 9.18 Å². The Labute approximate surface area is 127 Å². The predicted octanol–water partition coefficient (Wildman–Crippen LogP) is 1.30. The maximum Gasteiger partial charge on any atom is 0.328 e. The maximum atomic E-state index is 13.6. The number of benzene rings is 1. The van der Waals surface area contributed by atoms with Crippen LogP contribution in [0.25, 0.3) is 0 Å². The average molecular weight is 311 g/mol. The number of nitrogens with one attached hydrogen (secondary N) is 1. The Morgan fingerprint density at radius 3 is 2.36 bits per heavy atom. The number of ether oxygens (including phenoxy) is 2. The first-order valence-corrected chi connectivity index (χ1v) is 6.60. The summed E-state index contributed by atoms with van der Waals surface area (Å²) in [7, 11) is 2.38. The smallest absolute Gasteiger partial charge is 0.328 e. The fourth-order valence-corrected chi connectivity index (χ4v) is 1.89. The molecule has 1 amide bonds. The summed E-state index contributed by atoms with van der Waals surface area (Å²) in [6.45, 7) is 1.58. The third-order valence-corrected chi connectivity index (χ3v) is 3.15. The normalized spacial score (nSPS) is 12.9. The van der Waals surface area contributed by atoms with Crippen molar-refractivity contribution < 1.29 is 28.2 Å². The topological polar surface area (TPSA) is 81.7 Å². The number of hydrogen-bond donors (Lipinski definition) is 1. The average Bonchev–Trinajstić information content (AvgIpc) is 2.51. The number of halogens is 1. The van der Waals surface area contributed by atoms with Crippen LogP contribution < -0.4 is 5.32 Å². The molecule has 0 bridgehead atoms. The summed E-state index contributed by atoms with van der Waals surface area (Å²) in [4.78, 5) is 35.2. The number of carbonyl (C=O) groups is 3. The van der Waals surface area contributed by atoms with Crippen LogP contribution in [0.5, 0.6) is 0 Å². The highest BCUT2D eigenvalue weighted by Crippen LogP contribution is 2.13. The van der Waals surface area contributed by atoms with Crippen molar-refractivity contribution in [2.45, 2.75) is 19.4 Å². The van der Waals surface area contributed by atoms with Gasteiger partial charge in [0.15, 0.2) is 0 Å². The third kappa shape index (κ3) is 4.54. The van der Waals surface area contributed by atoms with Gasteiger partial charge in [-0.05, 0) is 18.1 Å². The minimum Gasteiger partial charge on any atom is -0.469 e. The first kappa shape index (κ1) is 17.6. The SMILES string of the molecule is COC(=O)C[C@H](C)[C@@H](NC(=O)c1ccccc1F)C(=O)OC. The lowest BCUT2D eigenvalue weighted by atomic mass is 9.97. The van der Waals surface area contributed by atoms with Gasteiger partial charge in [0.25, 0.3) is 5.91 Å². The summed E-state index contributed by atoms with van der Waals surface area (Å²) in [6, 6.07) is 4.30. The van der Waals surface area contributed by atoms with Gasteiger partial charge in [0.1, 0.15) is 11.9 Å². The van der Waals surface area contributed by atoms with Gasteiger partial charge in [-0.15, -0.1) is 0 Å². The fourth-order valence-electron chi connectivity index (χ4n) is 1.89. The second-order valence-electron chi connectivity index (χ2n) is 4.71. The monoisotopic (exact) mass is 311 g/mol. The zero-order valence-corrected chi connectivity index (χ0v) is 12.6. The van der Waals surface area contributed by atoms with E-state index in [0.717, 1.165) is 13.2 Å². The fraction of sp³-hybridized carbons (Fsp3) is 0.400. The highest BCUT2D eigenvalue weighted by molar-refractivity contribution is 5.97. The van der Waals surface area contributed by atoms with E-state index in [0.29, 0.717) is 0 Å². The molecule has 0 spiro atoms. The van der Waals surface area contributed by atoms with Crippen molar-refractivity contribution >= 4 is 17.8 Å². The molecule has 1 aromatic carbocycles. The molecule has 0 saturated carbocycles. The van der Waals surface area contributed by atoms with Gasteiger partial charge in [-0.3, -0.25) is 9.59 Å². The van der Waals surface area contributed by atoms with E-state index in [2.05, 4.69) is 14.8 Å². The molecule has 2 atom stereocenters. The van der Waals surface area contributed by atoms with Crippen LogP contribution in [0.15, 0.2) is 24.3 Å². The highest BCUT2D eigenvalue weighted by Gasteiger charge is 2.30. The second kappa shape index (κ2) is 8.11. The molecule has 0 fully saturated rings. The van der Waals surface area contributed by atoms with E-state index in [4.69, 9.17) is 0 Å².